The first-order chi connectivity index (χ1) is 6.18. The maximum Gasteiger partial charge on any atom is 0.337 e. The quantitative estimate of drug-likeness (QED) is 0.680. The van der Waals surface area contributed by atoms with Crippen molar-refractivity contribution < 1.29 is 9.90 Å². The Morgan fingerprint density at radius 2 is 2.38 bits per heavy atom. The zero-order valence-electron chi connectivity index (χ0n) is 6.90. The van der Waals surface area contributed by atoms with Crippen LogP contribution in [0.3, 0.4) is 0 Å². The Labute approximate surface area is 73.4 Å². The molecule has 0 aliphatic rings. The molecule has 2 aromatic rings. The first-order valence-electron chi connectivity index (χ1n) is 3.72. The second-order valence-electron chi connectivity index (χ2n) is 2.73. The number of aromatic amines is 1. The van der Waals surface area contributed by atoms with Crippen LogP contribution in [0.2, 0.25) is 0 Å². The Hall–Kier alpha value is -1.91. The van der Waals surface area contributed by atoms with E-state index in [1.165, 1.54) is 0 Å². The highest BCUT2D eigenvalue weighted by Gasteiger charge is 2.10. The molecule has 2 heterocycles. The van der Waals surface area contributed by atoms with E-state index < -0.39 is 5.97 Å². The molecular weight excluding hydrogens is 170 g/mol. The average molecular weight is 177 g/mol. The molecule has 0 radical (unpaired) electrons. The Morgan fingerprint density at radius 3 is 3.08 bits per heavy atom. The molecular formula is C8H7N3O2. The van der Waals surface area contributed by atoms with Gasteiger partial charge in [0.05, 0.1) is 17.5 Å². The lowest BCUT2D eigenvalue weighted by Gasteiger charge is -1.98. The molecule has 0 aliphatic carbocycles. The Morgan fingerprint density at radius 1 is 1.62 bits per heavy atom. The SMILES string of the molecule is Cc1nc2[nH]ncc2cc1C(=O)O. The van der Waals surface area contributed by atoms with E-state index in [9.17, 15) is 4.79 Å². The molecule has 2 aromatic heterocycles. The number of carbonyl (C=O) groups is 1. The van der Waals surface area contributed by atoms with Gasteiger partial charge in [-0.1, -0.05) is 0 Å². The van der Waals surface area contributed by atoms with E-state index in [4.69, 9.17) is 5.11 Å². The van der Waals surface area contributed by atoms with Crippen molar-refractivity contribution in [2.24, 2.45) is 0 Å². The Balaban J connectivity index is 2.76. The third kappa shape index (κ3) is 1.14. The monoisotopic (exact) mass is 177 g/mol. The zero-order chi connectivity index (χ0) is 9.42. The van der Waals surface area contributed by atoms with Crippen molar-refractivity contribution >= 4 is 17.0 Å². The number of aromatic carboxylic acids is 1. The fourth-order valence-corrected chi connectivity index (χ4v) is 1.19. The molecule has 66 valence electrons. The first kappa shape index (κ1) is 7.72. The number of aryl methyl sites for hydroxylation is 1. The maximum absolute atomic E-state index is 10.7. The average Bonchev–Trinajstić information content (AvgIpc) is 2.48. The number of nitrogens with zero attached hydrogens (tertiary/aromatic N) is 2. The van der Waals surface area contributed by atoms with Gasteiger partial charge in [-0.15, -0.1) is 0 Å². The summed E-state index contributed by atoms with van der Waals surface area (Å²) < 4.78 is 0. The van der Waals surface area contributed by atoms with Crippen LogP contribution >= 0.6 is 0 Å². The summed E-state index contributed by atoms with van der Waals surface area (Å²) in [7, 11) is 0. The molecule has 0 aromatic carbocycles. The van der Waals surface area contributed by atoms with E-state index in [0.717, 1.165) is 0 Å². The van der Waals surface area contributed by atoms with Crippen LogP contribution in [-0.4, -0.2) is 26.3 Å². The maximum atomic E-state index is 10.7. The van der Waals surface area contributed by atoms with Gasteiger partial charge in [-0.3, -0.25) is 5.10 Å². The summed E-state index contributed by atoms with van der Waals surface area (Å²) in [5.74, 6) is -0.965. The van der Waals surface area contributed by atoms with Crippen molar-refractivity contribution in [2.75, 3.05) is 0 Å². The second-order valence-corrected chi connectivity index (χ2v) is 2.73. The van der Waals surface area contributed by atoms with Gasteiger partial charge in [0.25, 0.3) is 0 Å². The van der Waals surface area contributed by atoms with Crippen LogP contribution < -0.4 is 0 Å². The number of rotatable bonds is 1. The zero-order valence-corrected chi connectivity index (χ0v) is 6.90. The van der Waals surface area contributed by atoms with Gasteiger partial charge in [-0.05, 0) is 13.0 Å². The fourth-order valence-electron chi connectivity index (χ4n) is 1.19. The Bertz CT molecular complexity index is 475. The molecule has 0 saturated heterocycles. The second kappa shape index (κ2) is 2.55. The van der Waals surface area contributed by atoms with Gasteiger partial charge in [-0.2, -0.15) is 5.10 Å². The van der Waals surface area contributed by atoms with Crippen LogP contribution in [0.4, 0.5) is 0 Å². The largest absolute Gasteiger partial charge is 0.478 e. The summed E-state index contributed by atoms with van der Waals surface area (Å²) in [6.07, 6.45) is 1.55. The third-order valence-corrected chi connectivity index (χ3v) is 1.85. The summed E-state index contributed by atoms with van der Waals surface area (Å²) in [6.45, 7) is 1.66. The molecule has 5 heteroatoms. The van der Waals surface area contributed by atoms with Crippen molar-refractivity contribution in [3.8, 4) is 0 Å². The van der Waals surface area contributed by atoms with Gasteiger partial charge in [0.2, 0.25) is 0 Å². The number of hydrogen-bond acceptors (Lipinski definition) is 3. The molecule has 2 N–H and O–H groups in total. The van der Waals surface area contributed by atoms with E-state index in [1.54, 1.807) is 19.2 Å². The number of H-pyrrole nitrogens is 1. The molecule has 0 unspecified atom stereocenters. The van der Waals surface area contributed by atoms with Gasteiger partial charge < -0.3 is 5.11 Å². The van der Waals surface area contributed by atoms with Crippen molar-refractivity contribution in [2.45, 2.75) is 6.92 Å². The van der Waals surface area contributed by atoms with Crippen molar-refractivity contribution in [3.05, 3.63) is 23.5 Å². The lowest BCUT2D eigenvalue weighted by atomic mass is 10.2. The number of carboxylic acid groups (broad SMARTS) is 1. The summed E-state index contributed by atoms with van der Waals surface area (Å²) in [5, 5.41) is 15.9. The molecule has 0 amide bonds. The highest BCUT2D eigenvalue weighted by atomic mass is 16.4. The normalized spacial score (nSPS) is 10.5. The van der Waals surface area contributed by atoms with Crippen molar-refractivity contribution in [1.82, 2.24) is 15.2 Å². The summed E-state index contributed by atoms with van der Waals surface area (Å²) in [4.78, 5) is 14.8. The van der Waals surface area contributed by atoms with E-state index in [2.05, 4.69) is 15.2 Å². The minimum atomic E-state index is -0.965. The van der Waals surface area contributed by atoms with Crippen LogP contribution in [0.1, 0.15) is 16.1 Å². The highest BCUT2D eigenvalue weighted by molar-refractivity contribution is 5.92. The van der Waals surface area contributed by atoms with Crippen LogP contribution in [0.5, 0.6) is 0 Å². The lowest BCUT2D eigenvalue weighted by molar-refractivity contribution is 0.0696. The van der Waals surface area contributed by atoms with E-state index in [0.29, 0.717) is 16.7 Å². The van der Waals surface area contributed by atoms with Gasteiger partial charge >= 0.3 is 5.97 Å². The Kier molecular flexibility index (Phi) is 1.51. The molecule has 5 nitrogen and oxygen atoms in total. The van der Waals surface area contributed by atoms with Crippen LogP contribution in [0.25, 0.3) is 11.0 Å². The highest BCUT2D eigenvalue weighted by Crippen LogP contribution is 2.13. The molecule has 0 saturated carbocycles. The third-order valence-electron chi connectivity index (χ3n) is 1.85. The lowest BCUT2D eigenvalue weighted by Crippen LogP contribution is -2.01. The van der Waals surface area contributed by atoms with Crippen molar-refractivity contribution in [1.29, 1.82) is 0 Å². The molecule has 0 atom stereocenters. The van der Waals surface area contributed by atoms with E-state index in [1.807, 2.05) is 0 Å². The number of aromatic nitrogens is 3. The number of carboxylic acids is 1. The molecule has 0 spiro atoms. The molecule has 13 heavy (non-hydrogen) atoms. The molecule has 0 fully saturated rings. The molecule has 2 rings (SSSR count). The standard InChI is InChI=1S/C8H7N3O2/c1-4-6(8(12)13)2-5-3-9-11-7(5)10-4/h2-3H,1H3,(H,12,13)(H,9,10,11). The summed E-state index contributed by atoms with van der Waals surface area (Å²) in [6, 6.07) is 1.56. The smallest absolute Gasteiger partial charge is 0.337 e. The van der Waals surface area contributed by atoms with Gasteiger partial charge in [-0.25, -0.2) is 9.78 Å². The number of fused-ring (bicyclic) bond motifs is 1. The van der Waals surface area contributed by atoms with Crippen LogP contribution in [0.15, 0.2) is 12.3 Å². The summed E-state index contributed by atoms with van der Waals surface area (Å²) >= 11 is 0. The predicted octanol–water partition coefficient (Wildman–Crippen LogP) is 0.965. The van der Waals surface area contributed by atoms with Crippen LogP contribution in [0, 0.1) is 6.92 Å². The number of nitrogens with one attached hydrogen (secondary N) is 1. The van der Waals surface area contributed by atoms with Gasteiger partial charge in [0, 0.05) is 5.39 Å². The van der Waals surface area contributed by atoms with Crippen molar-refractivity contribution in [3.63, 3.8) is 0 Å². The number of hydrogen-bond donors (Lipinski definition) is 2. The van der Waals surface area contributed by atoms with Crippen LogP contribution in [-0.2, 0) is 0 Å². The number of pyridine rings is 1. The topological polar surface area (TPSA) is 78.9 Å². The molecule has 0 bridgehead atoms. The first-order valence-corrected chi connectivity index (χ1v) is 3.72. The van der Waals surface area contributed by atoms with E-state index >= 15 is 0 Å². The fraction of sp³-hybridized carbons (Fsp3) is 0.125. The van der Waals surface area contributed by atoms with E-state index in [-0.39, 0.29) is 5.56 Å². The predicted molar refractivity (Wildman–Crippen MR) is 45.6 cm³/mol. The molecule has 0 aliphatic heterocycles. The minimum Gasteiger partial charge on any atom is -0.478 e. The van der Waals surface area contributed by atoms with Gasteiger partial charge in [0.1, 0.15) is 0 Å². The minimum absolute atomic E-state index is 0.217. The van der Waals surface area contributed by atoms with Gasteiger partial charge in [0.15, 0.2) is 5.65 Å². The summed E-state index contributed by atoms with van der Waals surface area (Å²) in [5.41, 5.74) is 1.32.